The highest BCUT2D eigenvalue weighted by molar-refractivity contribution is 6.32. The lowest BCUT2D eigenvalue weighted by Crippen LogP contribution is -2.48. The lowest BCUT2D eigenvalue weighted by Gasteiger charge is -2.49. The van der Waals surface area contributed by atoms with Crippen LogP contribution in [0.25, 0.3) is 0 Å². The Morgan fingerprint density at radius 1 is 1.00 bits per heavy atom. The van der Waals surface area contributed by atoms with Crippen molar-refractivity contribution in [2.45, 2.75) is 32.6 Å². The van der Waals surface area contributed by atoms with Crippen molar-refractivity contribution in [3.8, 4) is 11.5 Å². The van der Waals surface area contributed by atoms with Crippen molar-refractivity contribution in [2.24, 2.45) is 29.1 Å². The molecule has 2 aliphatic carbocycles. The van der Waals surface area contributed by atoms with Gasteiger partial charge < -0.3 is 9.84 Å². The lowest BCUT2D eigenvalue weighted by atomic mass is 9.51. The van der Waals surface area contributed by atoms with E-state index in [4.69, 9.17) is 16.3 Å². The Labute approximate surface area is 278 Å². The quantitative estimate of drug-likeness (QED) is 0.147. The molecule has 4 amide bonds. The summed E-state index contributed by atoms with van der Waals surface area (Å²) in [5.41, 5.74) is -0.661. The number of halogens is 2. The van der Waals surface area contributed by atoms with Crippen LogP contribution in [0.4, 0.5) is 21.5 Å². The van der Waals surface area contributed by atoms with Crippen LogP contribution in [0.5, 0.6) is 11.5 Å². The number of phenolic OH excluding ortho intramolecular Hbond substituents is 1. The number of anilines is 2. The SMILES string of the molecule is CCOc1cccc(C2C3=CCC4C(=O)N(c5cccc([N+](=O)[O-])c5)C(=O)C4C3CC3C(=O)N(c4ccc(F)c(Cl)c4)C(=O)C32C)c1O. The smallest absolute Gasteiger partial charge is 0.271 e. The van der Waals surface area contributed by atoms with Crippen LogP contribution >= 0.6 is 11.6 Å². The first-order valence-electron chi connectivity index (χ1n) is 15.5. The third-order valence-electron chi connectivity index (χ3n) is 10.4. The third-order valence-corrected chi connectivity index (χ3v) is 10.7. The summed E-state index contributed by atoms with van der Waals surface area (Å²) in [6, 6.07) is 13.7. The minimum Gasteiger partial charge on any atom is -0.504 e. The zero-order valence-electron chi connectivity index (χ0n) is 25.8. The molecule has 0 bridgehead atoms. The van der Waals surface area contributed by atoms with Gasteiger partial charge in [0.25, 0.3) is 5.69 Å². The molecular formula is C35H29ClFN3O8. The highest BCUT2D eigenvalue weighted by Gasteiger charge is 2.68. The second-order valence-electron chi connectivity index (χ2n) is 12.7. The van der Waals surface area contributed by atoms with E-state index in [1.807, 2.05) is 6.08 Å². The van der Waals surface area contributed by atoms with Gasteiger partial charge in [0.05, 0.1) is 51.1 Å². The standard InChI is InChI=1S/C35H29ClFN3O8/c1-3-48-27-9-5-8-22(30(27)41)29-20-11-12-21-28(33(44)38(31(21)42)17-6-4-7-19(14-17)40(46)47)23(20)16-24-32(43)39(34(45)35(24,29)2)18-10-13-26(37)25(36)15-18/h4-11,13-15,21,23-24,28-29,41H,3,12,16H2,1-2H3. The number of phenols is 1. The Morgan fingerprint density at radius 2 is 1.73 bits per heavy atom. The summed E-state index contributed by atoms with van der Waals surface area (Å²) < 4.78 is 19.8. The predicted octanol–water partition coefficient (Wildman–Crippen LogP) is 5.93. The summed E-state index contributed by atoms with van der Waals surface area (Å²) in [7, 11) is 0. The monoisotopic (exact) mass is 673 g/mol. The van der Waals surface area contributed by atoms with E-state index in [9.17, 15) is 38.8 Å². The zero-order valence-corrected chi connectivity index (χ0v) is 26.5. The van der Waals surface area contributed by atoms with E-state index < -0.39 is 69.4 Å². The molecule has 0 radical (unpaired) electrons. The normalized spacial score (nSPS) is 27.8. The molecule has 0 spiro atoms. The molecule has 2 aliphatic heterocycles. The van der Waals surface area contributed by atoms with Crippen LogP contribution in [0.2, 0.25) is 5.02 Å². The molecule has 2 saturated heterocycles. The van der Waals surface area contributed by atoms with Crippen LogP contribution in [0.1, 0.15) is 38.2 Å². The number of benzene rings is 3. The summed E-state index contributed by atoms with van der Waals surface area (Å²) >= 11 is 6.06. The third kappa shape index (κ3) is 4.38. The van der Waals surface area contributed by atoms with Gasteiger partial charge in [0.2, 0.25) is 23.6 Å². The first kappa shape index (κ1) is 31.5. The molecule has 13 heteroatoms. The lowest BCUT2D eigenvalue weighted by molar-refractivity contribution is -0.384. The summed E-state index contributed by atoms with van der Waals surface area (Å²) in [4.78, 5) is 69.8. The molecule has 7 rings (SSSR count). The number of fused-ring (bicyclic) bond motifs is 4. The number of nitrogens with zero attached hydrogens (tertiary/aromatic N) is 3. The molecular weight excluding hydrogens is 645 g/mol. The van der Waals surface area contributed by atoms with Gasteiger partial charge in [0, 0.05) is 23.6 Å². The first-order valence-corrected chi connectivity index (χ1v) is 15.9. The number of amides is 4. The van der Waals surface area contributed by atoms with E-state index >= 15 is 0 Å². The summed E-state index contributed by atoms with van der Waals surface area (Å²) in [6.07, 6.45) is 1.99. The Morgan fingerprint density at radius 3 is 2.44 bits per heavy atom. The average Bonchev–Trinajstić information content (AvgIpc) is 3.43. The minimum atomic E-state index is -1.47. The largest absolute Gasteiger partial charge is 0.504 e. The van der Waals surface area contributed by atoms with Crippen molar-refractivity contribution in [1.82, 2.24) is 0 Å². The van der Waals surface area contributed by atoms with Crippen molar-refractivity contribution in [2.75, 3.05) is 16.4 Å². The number of allylic oxidation sites excluding steroid dienone is 2. The Balaban J connectivity index is 1.38. The van der Waals surface area contributed by atoms with Gasteiger partial charge in [-0.25, -0.2) is 14.2 Å². The maximum Gasteiger partial charge on any atom is 0.271 e. The Bertz CT molecular complexity index is 1980. The molecule has 6 unspecified atom stereocenters. The van der Waals surface area contributed by atoms with Crippen molar-refractivity contribution in [3.05, 3.63) is 98.8 Å². The molecule has 48 heavy (non-hydrogen) atoms. The maximum absolute atomic E-state index is 14.6. The molecule has 1 saturated carbocycles. The van der Waals surface area contributed by atoms with Crippen molar-refractivity contribution >= 4 is 52.3 Å². The van der Waals surface area contributed by atoms with Crippen molar-refractivity contribution < 1.29 is 38.3 Å². The number of nitro groups is 1. The second-order valence-corrected chi connectivity index (χ2v) is 13.1. The highest BCUT2D eigenvalue weighted by atomic mass is 35.5. The zero-order chi connectivity index (χ0) is 34.2. The Kier molecular flexibility index (Phi) is 7.39. The fourth-order valence-corrected chi connectivity index (χ4v) is 8.45. The fraction of sp³-hybridized carbons (Fsp3) is 0.314. The van der Waals surface area contributed by atoms with Gasteiger partial charge in [-0.15, -0.1) is 0 Å². The molecule has 246 valence electrons. The van der Waals surface area contributed by atoms with Gasteiger partial charge in [-0.05, 0) is 62.9 Å². The van der Waals surface area contributed by atoms with Crippen LogP contribution in [0.3, 0.4) is 0 Å². The maximum atomic E-state index is 14.6. The number of para-hydroxylation sites is 1. The van der Waals surface area contributed by atoms with Gasteiger partial charge in [-0.3, -0.25) is 29.3 Å². The van der Waals surface area contributed by atoms with E-state index in [2.05, 4.69) is 0 Å². The Hall–Kier alpha value is -5.10. The first-order chi connectivity index (χ1) is 22.9. The predicted molar refractivity (Wildman–Crippen MR) is 171 cm³/mol. The molecule has 3 aromatic rings. The van der Waals surface area contributed by atoms with Crippen molar-refractivity contribution in [3.63, 3.8) is 0 Å². The number of non-ortho nitro benzene ring substituents is 1. The number of carbonyl (C=O) groups is 4. The van der Waals surface area contributed by atoms with E-state index in [1.165, 1.54) is 36.4 Å². The molecule has 2 heterocycles. The number of nitro benzene ring substituents is 1. The second kappa shape index (κ2) is 11.3. The van der Waals surface area contributed by atoms with Gasteiger partial charge in [-0.1, -0.05) is 41.4 Å². The number of rotatable bonds is 6. The number of carbonyl (C=O) groups excluding carboxylic acids is 4. The molecule has 3 fully saturated rings. The number of aromatic hydroxyl groups is 1. The van der Waals surface area contributed by atoms with E-state index in [1.54, 1.807) is 32.0 Å². The fourth-order valence-electron chi connectivity index (χ4n) is 8.27. The number of hydrogen-bond acceptors (Lipinski definition) is 8. The van der Waals surface area contributed by atoms with Crippen LogP contribution in [-0.4, -0.2) is 40.3 Å². The van der Waals surface area contributed by atoms with Crippen LogP contribution in [0.15, 0.2) is 72.3 Å². The molecule has 1 N–H and O–H groups in total. The summed E-state index contributed by atoms with van der Waals surface area (Å²) in [5.74, 6) is -7.37. The molecule has 4 aliphatic rings. The van der Waals surface area contributed by atoms with Gasteiger partial charge in [0.1, 0.15) is 5.82 Å². The number of imide groups is 2. The number of ether oxygens (including phenoxy) is 1. The van der Waals surface area contributed by atoms with Crippen LogP contribution in [0, 0.1) is 45.0 Å². The van der Waals surface area contributed by atoms with Gasteiger partial charge in [0.15, 0.2) is 11.5 Å². The van der Waals surface area contributed by atoms with Crippen molar-refractivity contribution in [1.29, 1.82) is 0 Å². The summed E-state index contributed by atoms with van der Waals surface area (Å²) in [6.45, 7) is 3.66. The molecule has 3 aromatic carbocycles. The molecule has 11 nitrogen and oxygen atoms in total. The average molecular weight is 674 g/mol. The minimum absolute atomic E-state index is 0.0315. The van der Waals surface area contributed by atoms with E-state index in [-0.39, 0.29) is 53.0 Å². The highest BCUT2D eigenvalue weighted by Crippen LogP contribution is 2.65. The van der Waals surface area contributed by atoms with E-state index in [0.717, 1.165) is 15.9 Å². The van der Waals surface area contributed by atoms with Gasteiger partial charge >= 0.3 is 0 Å². The van der Waals surface area contributed by atoms with E-state index in [0.29, 0.717) is 11.1 Å². The molecule has 0 aromatic heterocycles. The topological polar surface area (TPSA) is 147 Å². The number of hydrogen-bond donors (Lipinski definition) is 1. The van der Waals surface area contributed by atoms with Crippen LogP contribution in [-0.2, 0) is 19.2 Å². The van der Waals surface area contributed by atoms with Gasteiger partial charge in [-0.2, -0.15) is 0 Å². The van der Waals surface area contributed by atoms with Crippen LogP contribution < -0.4 is 14.5 Å². The molecule has 6 atom stereocenters. The summed E-state index contributed by atoms with van der Waals surface area (Å²) in [5, 5.41) is 22.7.